The van der Waals surface area contributed by atoms with Crippen LogP contribution >= 0.6 is 15.9 Å². The molecule has 9 heteroatoms. The molecule has 0 aromatic heterocycles. The zero-order valence-electron chi connectivity index (χ0n) is 16.8. The summed E-state index contributed by atoms with van der Waals surface area (Å²) < 4.78 is 33.5. The lowest BCUT2D eigenvalue weighted by atomic mass is 10.2. The van der Waals surface area contributed by atoms with Crippen LogP contribution in [0.1, 0.15) is 15.9 Å². The van der Waals surface area contributed by atoms with Crippen LogP contribution in [-0.4, -0.2) is 33.4 Å². The molecule has 0 radical (unpaired) electrons. The van der Waals surface area contributed by atoms with Crippen LogP contribution in [0.2, 0.25) is 0 Å². The van der Waals surface area contributed by atoms with Crippen LogP contribution in [0, 0.1) is 0 Å². The van der Waals surface area contributed by atoms with E-state index in [9.17, 15) is 18.0 Å². The Balaban J connectivity index is 1.45. The number of rotatable bonds is 6. The second kappa shape index (κ2) is 9.13. The minimum Gasteiger partial charge on any atom is -0.452 e. The lowest BCUT2D eigenvalue weighted by molar-refractivity contribution is -0.119. The standard InChI is InChI=1S/C23H19BrN2O5S/c24-19-9-2-3-10-20(19)25-22(27)15-31-23(28)17-7-5-8-18(14-17)32(29,30)26-13-12-16-6-1-4-11-21(16)26/h1-11,14H,12-13,15H2,(H,25,27). The molecule has 0 aliphatic carbocycles. The Morgan fingerprint density at radius 2 is 1.75 bits per heavy atom. The van der Waals surface area contributed by atoms with Crippen molar-refractivity contribution in [2.24, 2.45) is 0 Å². The number of carbonyl (C=O) groups excluding carboxylic acids is 2. The third-order valence-corrected chi connectivity index (χ3v) is 7.49. The second-order valence-corrected chi connectivity index (χ2v) is 9.80. The van der Waals surface area contributed by atoms with Crippen molar-refractivity contribution in [2.45, 2.75) is 11.3 Å². The van der Waals surface area contributed by atoms with Gasteiger partial charge in [0.1, 0.15) is 0 Å². The van der Waals surface area contributed by atoms with E-state index in [0.29, 0.717) is 28.8 Å². The van der Waals surface area contributed by atoms with Gasteiger partial charge in [-0.25, -0.2) is 13.2 Å². The number of hydrogen-bond donors (Lipinski definition) is 1. The lowest BCUT2D eigenvalue weighted by Gasteiger charge is -2.19. The number of esters is 1. The van der Waals surface area contributed by atoms with Gasteiger partial charge in [0.15, 0.2) is 6.61 Å². The predicted molar refractivity (Wildman–Crippen MR) is 124 cm³/mol. The SMILES string of the molecule is O=C(COC(=O)c1cccc(S(=O)(=O)N2CCc3ccccc32)c1)Nc1ccccc1Br. The fourth-order valence-corrected chi connectivity index (χ4v) is 5.37. The van der Waals surface area contributed by atoms with Crippen molar-refractivity contribution in [1.29, 1.82) is 0 Å². The van der Waals surface area contributed by atoms with Gasteiger partial charge in [0.2, 0.25) is 0 Å². The summed E-state index contributed by atoms with van der Waals surface area (Å²) in [7, 11) is -3.84. The monoisotopic (exact) mass is 514 g/mol. The first-order chi connectivity index (χ1) is 15.4. The average Bonchev–Trinajstić information content (AvgIpc) is 3.24. The van der Waals surface area contributed by atoms with E-state index in [2.05, 4.69) is 21.2 Å². The molecule has 0 saturated carbocycles. The van der Waals surface area contributed by atoms with Crippen molar-refractivity contribution in [3.05, 3.63) is 88.4 Å². The average molecular weight is 515 g/mol. The van der Waals surface area contributed by atoms with Crippen LogP contribution in [0.25, 0.3) is 0 Å². The Labute approximate surface area is 194 Å². The van der Waals surface area contributed by atoms with Crippen molar-refractivity contribution < 1.29 is 22.7 Å². The normalized spacial score (nSPS) is 12.8. The molecule has 1 heterocycles. The van der Waals surface area contributed by atoms with Crippen LogP contribution in [0.3, 0.4) is 0 Å². The highest BCUT2D eigenvalue weighted by Crippen LogP contribution is 2.32. The quantitative estimate of drug-likeness (QED) is 0.502. The van der Waals surface area contributed by atoms with Gasteiger partial charge in [-0.1, -0.05) is 36.4 Å². The van der Waals surface area contributed by atoms with Crippen LogP contribution in [0.5, 0.6) is 0 Å². The summed E-state index contributed by atoms with van der Waals surface area (Å²) >= 11 is 3.32. The molecule has 0 spiro atoms. The molecule has 0 saturated heterocycles. The van der Waals surface area contributed by atoms with Crippen molar-refractivity contribution in [3.8, 4) is 0 Å². The molecule has 0 atom stereocenters. The van der Waals surface area contributed by atoms with Crippen molar-refractivity contribution in [1.82, 2.24) is 0 Å². The first-order valence-electron chi connectivity index (χ1n) is 9.78. The number of nitrogens with one attached hydrogen (secondary N) is 1. The minimum absolute atomic E-state index is 0.0127. The number of sulfonamides is 1. The van der Waals surface area contributed by atoms with E-state index in [1.807, 2.05) is 18.2 Å². The highest BCUT2D eigenvalue weighted by molar-refractivity contribution is 9.10. The molecular formula is C23H19BrN2O5S. The summed E-state index contributed by atoms with van der Waals surface area (Å²) in [6.45, 7) is -0.164. The topological polar surface area (TPSA) is 92.8 Å². The lowest BCUT2D eigenvalue weighted by Crippen LogP contribution is -2.29. The molecule has 0 unspecified atom stereocenters. The number of amides is 1. The molecule has 7 nitrogen and oxygen atoms in total. The summed E-state index contributed by atoms with van der Waals surface area (Å²) in [6.07, 6.45) is 0.629. The Morgan fingerprint density at radius 3 is 2.56 bits per heavy atom. The maximum absolute atomic E-state index is 13.2. The number of anilines is 2. The highest BCUT2D eigenvalue weighted by Gasteiger charge is 2.31. The number of fused-ring (bicyclic) bond motifs is 1. The summed E-state index contributed by atoms with van der Waals surface area (Å²) in [6, 6.07) is 20.0. The van der Waals surface area contributed by atoms with Gasteiger partial charge in [-0.2, -0.15) is 0 Å². The van der Waals surface area contributed by atoms with Gasteiger partial charge in [0.25, 0.3) is 15.9 Å². The number of nitrogens with zero attached hydrogens (tertiary/aromatic N) is 1. The first kappa shape index (κ1) is 22.0. The zero-order valence-corrected chi connectivity index (χ0v) is 19.2. The Morgan fingerprint density at radius 1 is 1.00 bits per heavy atom. The third kappa shape index (κ3) is 4.53. The number of benzene rings is 3. The fourth-order valence-electron chi connectivity index (χ4n) is 3.43. The Kier molecular flexibility index (Phi) is 6.29. The van der Waals surface area contributed by atoms with E-state index in [1.54, 1.807) is 30.3 Å². The largest absolute Gasteiger partial charge is 0.452 e. The van der Waals surface area contributed by atoms with Gasteiger partial charge >= 0.3 is 5.97 Å². The first-order valence-corrected chi connectivity index (χ1v) is 12.0. The molecule has 164 valence electrons. The van der Waals surface area contributed by atoms with E-state index in [1.165, 1.54) is 28.6 Å². The van der Waals surface area contributed by atoms with Gasteiger partial charge in [-0.05, 0) is 64.3 Å². The molecule has 0 bridgehead atoms. The van der Waals surface area contributed by atoms with E-state index < -0.39 is 28.5 Å². The molecule has 3 aromatic carbocycles. The zero-order chi connectivity index (χ0) is 22.7. The third-order valence-electron chi connectivity index (χ3n) is 4.98. The fraction of sp³-hybridized carbons (Fsp3) is 0.130. The number of carbonyl (C=O) groups is 2. The van der Waals surface area contributed by atoms with E-state index in [4.69, 9.17) is 4.74 Å². The number of ether oxygens (including phenoxy) is 1. The molecule has 1 aliphatic heterocycles. The van der Waals surface area contributed by atoms with Crippen molar-refractivity contribution in [3.63, 3.8) is 0 Å². The van der Waals surface area contributed by atoms with E-state index in [-0.39, 0.29) is 10.5 Å². The Bertz CT molecular complexity index is 1290. The van der Waals surface area contributed by atoms with Gasteiger partial charge in [0.05, 0.1) is 21.8 Å². The van der Waals surface area contributed by atoms with Crippen LogP contribution in [0.15, 0.2) is 82.2 Å². The molecule has 0 fully saturated rings. The van der Waals surface area contributed by atoms with Crippen molar-refractivity contribution in [2.75, 3.05) is 22.8 Å². The molecule has 1 aliphatic rings. The summed E-state index contributed by atoms with van der Waals surface area (Å²) in [5, 5.41) is 2.63. The van der Waals surface area contributed by atoms with Gasteiger partial charge in [0, 0.05) is 11.0 Å². The number of para-hydroxylation sites is 2. The second-order valence-electron chi connectivity index (χ2n) is 7.09. The molecule has 1 N–H and O–H groups in total. The molecule has 1 amide bonds. The highest BCUT2D eigenvalue weighted by atomic mass is 79.9. The van der Waals surface area contributed by atoms with Crippen LogP contribution in [-0.2, 0) is 26.0 Å². The molecule has 3 aromatic rings. The van der Waals surface area contributed by atoms with Gasteiger partial charge in [-0.3, -0.25) is 9.10 Å². The summed E-state index contributed by atoms with van der Waals surface area (Å²) in [5.41, 5.74) is 2.20. The predicted octanol–water partition coefficient (Wildman–Crippen LogP) is 4.00. The molecule has 4 rings (SSSR count). The van der Waals surface area contributed by atoms with Gasteiger partial charge in [-0.15, -0.1) is 0 Å². The van der Waals surface area contributed by atoms with Gasteiger partial charge < -0.3 is 10.1 Å². The smallest absolute Gasteiger partial charge is 0.338 e. The van der Waals surface area contributed by atoms with E-state index >= 15 is 0 Å². The summed E-state index contributed by atoms with van der Waals surface area (Å²) in [5.74, 6) is -1.30. The van der Waals surface area contributed by atoms with Crippen molar-refractivity contribution >= 4 is 49.2 Å². The number of halogens is 1. The molecule has 32 heavy (non-hydrogen) atoms. The maximum Gasteiger partial charge on any atom is 0.338 e. The van der Waals surface area contributed by atoms with E-state index in [0.717, 1.165) is 5.56 Å². The maximum atomic E-state index is 13.2. The molecular weight excluding hydrogens is 496 g/mol. The van der Waals surface area contributed by atoms with Crippen LogP contribution < -0.4 is 9.62 Å². The number of hydrogen-bond acceptors (Lipinski definition) is 5. The Hall–Kier alpha value is -3.17. The van der Waals surface area contributed by atoms with Crippen LogP contribution in [0.4, 0.5) is 11.4 Å². The summed E-state index contributed by atoms with van der Waals surface area (Å²) in [4.78, 5) is 24.5. The minimum atomic E-state index is -3.84.